The second kappa shape index (κ2) is 8.42. The number of aromatic nitrogens is 3. The van der Waals surface area contributed by atoms with E-state index in [0.29, 0.717) is 29.6 Å². The average Bonchev–Trinajstić information content (AvgIpc) is 3.32. The van der Waals surface area contributed by atoms with Crippen molar-refractivity contribution in [3.05, 3.63) is 87.8 Å². The Hall–Kier alpha value is -3.74. The van der Waals surface area contributed by atoms with Crippen molar-refractivity contribution < 1.29 is 4.79 Å². The molecule has 0 aliphatic heterocycles. The molecule has 0 spiro atoms. The van der Waals surface area contributed by atoms with Gasteiger partial charge in [-0.15, -0.1) is 0 Å². The first-order chi connectivity index (χ1) is 15.6. The zero-order valence-corrected chi connectivity index (χ0v) is 17.8. The maximum atomic E-state index is 13.3. The molecule has 2 N–H and O–H groups in total. The molecule has 0 saturated heterocycles. The quantitative estimate of drug-likeness (QED) is 0.480. The number of nitrogens with zero attached hydrogens (tertiary/aromatic N) is 3. The Morgan fingerprint density at radius 2 is 1.84 bits per heavy atom. The van der Waals surface area contributed by atoms with E-state index in [2.05, 4.69) is 10.3 Å². The SMILES string of the molecule is N=c1c(C(=O)NC2CCCC2)cc2c(=O)n3ccccc3nc2n1CCc1ccccc1. The fourth-order valence-corrected chi connectivity index (χ4v) is 4.50. The highest BCUT2D eigenvalue weighted by Crippen LogP contribution is 2.18. The lowest BCUT2D eigenvalue weighted by molar-refractivity contribution is 0.0935. The van der Waals surface area contributed by atoms with Gasteiger partial charge in [0.25, 0.3) is 11.5 Å². The van der Waals surface area contributed by atoms with E-state index in [1.165, 1.54) is 10.5 Å². The molecular formula is C25H25N5O2. The number of pyridine rings is 2. The molecule has 4 aromatic rings. The van der Waals surface area contributed by atoms with Crippen LogP contribution < -0.4 is 16.4 Å². The number of carbonyl (C=O) groups is 1. The van der Waals surface area contributed by atoms with Gasteiger partial charge in [0.05, 0.1) is 10.9 Å². The molecule has 162 valence electrons. The molecular weight excluding hydrogens is 402 g/mol. The van der Waals surface area contributed by atoms with Crippen LogP contribution in [0.3, 0.4) is 0 Å². The van der Waals surface area contributed by atoms with Gasteiger partial charge >= 0.3 is 0 Å². The number of hydrogen-bond acceptors (Lipinski definition) is 4. The molecule has 0 radical (unpaired) electrons. The van der Waals surface area contributed by atoms with Crippen molar-refractivity contribution in [1.82, 2.24) is 19.3 Å². The van der Waals surface area contributed by atoms with E-state index in [0.717, 1.165) is 31.2 Å². The van der Waals surface area contributed by atoms with Crippen LogP contribution in [0.2, 0.25) is 0 Å². The van der Waals surface area contributed by atoms with Crippen LogP contribution in [0.4, 0.5) is 0 Å². The van der Waals surface area contributed by atoms with Crippen LogP contribution in [0.15, 0.2) is 65.6 Å². The van der Waals surface area contributed by atoms with Gasteiger partial charge in [-0.25, -0.2) is 4.98 Å². The van der Waals surface area contributed by atoms with Crippen molar-refractivity contribution in [3.63, 3.8) is 0 Å². The van der Waals surface area contributed by atoms with Gasteiger partial charge in [0, 0.05) is 18.8 Å². The zero-order valence-electron chi connectivity index (χ0n) is 17.8. The number of hydrogen-bond donors (Lipinski definition) is 2. The molecule has 0 unspecified atom stereocenters. The summed E-state index contributed by atoms with van der Waals surface area (Å²) in [6.07, 6.45) is 6.45. The van der Waals surface area contributed by atoms with Crippen molar-refractivity contribution in [2.24, 2.45) is 0 Å². The highest BCUT2D eigenvalue weighted by Gasteiger charge is 2.21. The van der Waals surface area contributed by atoms with Crippen molar-refractivity contribution in [2.45, 2.75) is 44.7 Å². The van der Waals surface area contributed by atoms with Gasteiger partial charge < -0.3 is 9.88 Å². The Bertz CT molecular complexity index is 1420. The minimum atomic E-state index is -0.296. The number of benzene rings is 1. The van der Waals surface area contributed by atoms with Crippen LogP contribution in [0.25, 0.3) is 16.7 Å². The molecule has 0 bridgehead atoms. The minimum Gasteiger partial charge on any atom is -0.349 e. The third-order valence-corrected chi connectivity index (χ3v) is 6.22. The van der Waals surface area contributed by atoms with Crippen molar-refractivity contribution in [2.75, 3.05) is 0 Å². The predicted molar refractivity (Wildman–Crippen MR) is 123 cm³/mol. The van der Waals surface area contributed by atoms with Crippen LogP contribution in [-0.2, 0) is 13.0 Å². The van der Waals surface area contributed by atoms with Crippen molar-refractivity contribution in [1.29, 1.82) is 5.41 Å². The molecule has 5 rings (SSSR count). The Labute approximate surface area is 184 Å². The molecule has 1 amide bonds. The van der Waals surface area contributed by atoms with Crippen LogP contribution in [0.5, 0.6) is 0 Å². The topological polar surface area (TPSA) is 92.2 Å². The molecule has 7 nitrogen and oxygen atoms in total. The first-order valence-electron chi connectivity index (χ1n) is 11.1. The maximum Gasteiger partial charge on any atom is 0.267 e. The Morgan fingerprint density at radius 3 is 2.62 bits per heavy atom. The van der Waals surface area contributed by atoms with Gasteiger partial charge in [-0.3, -0.25) is 19.4 Å². The standard InChI is InChI=1S/C25H25N5O2/c26-22-19(24(31)27-18-10-4-5-11-18)16-20-23(28-21-12-6-7-14-29(21)25(20)32)30(22)15-13-17-8-2-1-3-9-17/h1-3,6-9,12,14,16,18,26H,4-5,10-11,13,15H2,(H,27,31). The smallest absolute Gasteiger partial charge is 0.267 e. The summed E-state index contributed by atoms with van der Waals surface area (Å²) in [7, 11) is 0. The van der Waals surface area contributed by atoms with E-state index >= 15 is 0 Å². The maximum absolute atomic E-state index is 13.3. The highest BCUT2D eigenvalue weighted by molar-refractivity contribution is 5.97. The summed E-state index contributed by atoms with van der Waals surface area (Å²) in [5.41, 5.74) is 2.11. The van der Waals surface area contributed by atoms with Crippen molar-refractivity contribution >= 4 is 22.6 Å². The van der Waals surface area contributed by atoms with Crippen LogP contribution in [0, 0.1) is 5.41 Å². The first kappa shape index (κ1) is 20.2. The van der Waals surface area contributed by atoms with Gasteiger partial charge in [-0.05, 0) is 43.0 Å². The molecule has 3 heterocycles. The fraction of sp³-hybridized carbons (Fsp3) is 0.280. The summed E-state index contributed by atoms with van der Waals surface area (Å²) in [6.45, 7) is 0.444. The van der Waals surface area contributed by atoms with Crippen LogP contribution in [0.1, 0.15) is 41.6 Å². The van der Waals surface area contributed by atoms with Gasteiger partial charge in [0.15, 0.2) is 0 Å². The molecule has 1 fully saturated rings. The lowest BCUT2D eigenvalue weighted by Crippen LogP contribution is -2.38. The minimum absolute atomic E-state index is 0.0797. The number of nitrogens with one attached hydrogen (secondary N) is 2. The number of aryl methyl sites for hydroxylation is 2. The van der Waals surface area contributed by atoms with Gasteiger partial charge in [-0.1, -0.05) is 49.2 Å². The van der Waals surface area contributed by atoms with Gasteiger partial charge in [0.2, 0.25) is 0 Å². The fourth-order valence-electron chi connectivity index (χ4n) is 4.50. The number of carbonyl (C=O) groups excluding carboxylic acids is 1. The molecule has 1 aliphatic carbocycles. The summed E-state index contributed by atoms with van der Waals surface area (Å²) in [5, 5.41) is 12.2. The van der Waals surface area contributed by atoms with E-state index in [1.54, 1.807) is 22.9 Å². The Morgan fingerprint density at radius 1 is 1.09 bits per heavy atom. The zero-order chi connectivity index (χ0) is 22.1. The molecule has 1 saturated carbocycles. The van der Waals surface area contributed by atoms with E-state index in [1.807, 2.05) is 36.4 Å². The molecule has 1 aliphatic rings. The van der Waals surface area contributed by atoms with E-state index < -0.39 is 0 Å². The predicted octanol–water partition coefficient (Wildman–Crippen LogP) is 3.04. The normalized spacial score (nSPS) is 14.2. The third kappa shape index (κ3) is 3.70. The summed E-state index contributed by atoms with van der Waals surface area (Å²) >= 11 is 0. The molecule has 32 heavy (non-hydrogen) atoms. The molecule has 3 aromatic heterocycles. The molecule has 7 heteroatoms. The summed E-state index contributed by atoms with van der Waals surface area (Å²) in [6, 6.07) is 17.0. The molecule has 0 atom stereocenters. The number of amides is 1. The Balaban J connectivity index is 1.66. The number of rotatable bonds is 5. The summed E-state index contributed by atoms with van der Waals surface area (Å²) in [5.74, 6) is -0.296. The van der Waals surface area contributed by atoms with Gasteiger partial charge in [-0.2, -0.15) is 0 Å². The van der Waals surface area contributed by atoms with E-state index in [4.69, 9.17) is 5.41 Å². The lowest BCUT2D eigenvalue weighted by atomic mass is 10.1. The van der Waals surface area contributed by atoms with Crippen LogP contribution >= 0.6 is 0 Å². The van der Waals surface area contributed by atoms with Gasteiger partial charge in [0.1, 0.15) is 16.8 Å². The second-order valence-corrected chi connectivity index (χ2v) is 8.33. The first-order valence-corrected chi connectivity index (χ1v) is 11.1. The summed E-state index contributed by atoms with van der Waals surface area (Å²) in [4.78, 5) is 31.0. The lowest BCUT2D eigenvalue weighted by Gasteiger charge is -2.16. The van der Waals surface area contributed by atoms with E-state index in [9.17, 15) is 9.59 Å². The Kier molecular flexibility index (Phi) is 5.31. The third-order valence-electron chi connectivity index (χ3n) is 6.22. The van der Waals surface area contributed by atoms with Crippen molar-refractivity contribution in [3.8, 4) is 0 Å². The summed E-state index contributed by atoms with van der Waals surface area (Å²) < 4.78 is 3.17. The second-order valence-electron chi connectivity index (χ2n) is 8.33. The monoisotopic (exact) mass is 427 g/mol. The average molecular weight is 428 g/mol. The van der Waals surface area contributed by atoms with Crippen LogP contribution in [-0.4, -0.2) is 25.9 Å². The van der Waals surface area contributed by atoms with E-state index in [-0.39, 0.29) is 28.6 Å². The molecule has 1 aromatic carbocycles. The largest absolute Gasteiger partial charge is 0.349 e. The highest BCUT2D eigenvalue weighted by atomic mass is 16.2. The number of fused-ring (bicyclic) bond motifs is 2.